The van der Waals surface area contributed by atoms with Crippen molar-refractivity contribution in [3.05, 3.63) is 109 Å². The second kappa shape index (κ2) is 50.7. The van der Waals surface area contributed by atoms with E-state index in [9.17, 15) is 14.4 Å². The molecule has 1 atom stereocenters. The molecule has 0 rings (SSSR count). The van der Waals surface area contributed by atoms with Gasteiger partial charge in [-0.3, -0.25) is 14.4 Å². The molecule has 0 saturated heterocycles. The van der Waals surface area contributed by atoms with Crippen LogP contribution in [0, 0.1) is 0 Å². The maximum absolute atomic E-state index is 12.8. The largest absolute Gasteiger partial charge is 0.462 e. The molecule has 0 fully saturated rings. The Kier molecular flexibility index (Phi) is 47.5. The van der Waals surface area contributed by atoms with Crippen molar-refractivity contribution in [1.29, 1.82) is 0 Å². The normalized spacial score (nSPS) is 13.0. The van der Waals surface area contributed by atoms with Gasteiger partial charge in [-0.2, -0.15) is 0 Å². The van der Waals surface area contributed by atoms with Crippen molar-refractivity contribution < 1.29 is 28.6 Å². The molecule has 0 aromatic heterocycles. The highest BCUT2D eigenvalue weighted by Crippen LogP contribution is 2.12. The molecule has 63 heavy (non-hydrogen) atoms. The lowest BCUT2D eigenvalue weighted by molar-refractivity contribution is -0.167. The van der Waals surface area contributed by atoms with E-state index in [2.05, 4.69) is 93.7 Å². The fourth-order valence-electron chi connectivity index (χ4n) is 6.50. The van der Waals surface area contributed by atoms with Crippen molar-refractivity contribution in [3.8, 4) is 0 Å². The molecule has 0 saturated carbocycles. The molecule has 0 N–H and O–H groups in total. The predicted molar refractivity (Wildman–Crippen MR) is 270 cm³/mol. The van der Waals surface area contributed by atoms with Crippen molar-refractivity contribution in [2.24, 2.45) is 0 Å². The smallest absolute Gasteiger partial charge is 0.306 e. The van der Waals surface area contributed by atoms with E-state index in [4.69, 9.17) is 14.2 Å². The number of rotatable bonds is 44. The molecule has 6 nitrogen and oxygen atoms in total. The van der Waals surface area contributed by atoms with Gasteiger partial charge in [0.25, 0.3) is 0 Å². The van der Waals surface area contributed by atoms with Crippen molar-refractivity contribution in [3.63, 3.8) is 0 Å². The van der Waals surface area contributed by atoms with Crippen molar-refractivity contribution in [2.75, 3.05) is 13.2 Å². The van der Waals surface area contributed by atoms with E-state index >= 15 is 0 Å². The molecule has 6 heteroatoms. The highest BCUT2D eigenvalue weighted by atomic mass is 16.6. The molecule has 0 heterocycles. The van der Waals surface area contributed by atoms with E-state index in [1.165, 1.54) is 64.2 Å². The van der Waals surface area contributed by atoms with Gasteiger partial charge >= 0.3 is 17.9 Å². The number of hydrogen-bond acceptors (Lipinski definition) is 6. The summed E-state index contributed by atoms with van der Waals surface area (Å²) in [5.74, 6) is -0.998. The highest BCUT2D eigenvalue weighted by molar-refractivity contribution is 5.71. The van der Waals surface area contributed by atoms with Crippen LogP contribution in [0.15, 0.2) is 109 Å². The zero-order valence-electron chi connectivity index (χ0n) is 40.5. The van der Waals surface area contributed by atoms with Gasteiger partial charge in [0, 0.05) is 19.3 Å². The number of allylic oxidation sites excluding steroid dienone is 18. The van der Waals surface area contributed by atoms with Crippen LogP contribution in [0.3, 0.4) is 0 Å². The minimum Gasteiger partial charge on any atom is -0.462 e. The van der Waals surface area contributed by atoms with Gasteiger partial charge in [0.2, 0.25) is 0 Å². The van der Waals surface area contributed by atoms with Crippen LogP contribution in [-0.2, 0) is 28.6 Å². The molecule has 0 aromatic rings. The predicted octanol–water partition coefficient (Wildman–Crippen LogP) is 16.8. The molecule has 0 spiro atoms. The van der Waals surface area contributed by atoms with Gasteiger partial charge in [-0.25, -0.2) is 0 Å². The standard InChI is InChI=1S/C57H92O6/c1-4-7-10-13-16-19-22-24-26-28-29-31-32-35-38-41-44-47-50-56(59)62-53-54(52-61-55(58)49-46-43-40-37-34-21-18-15-12-9-6-3)63-57(60)51-48-45-42-39-36-33-30-27-25-23-20-17-14-11-8-5-2/h10,13,15-16,18-19,21-22,24,26-31,33-34,36,54H,4-9,11-12,14,17,20,23,25,32,35,37-53H2,1-3H3/b13-10-,18-15-,19-16-,24-22-,28-26-,30-27-,31-29-,34-21-,36-33-. The lowest BCUT2D eigenvalue weighted by atomic mass is 10.1. The van der Waals surface area contributed by atoms with E-state index in [1.54, 1.807) is 0 Å². The molecule has 0 aliphatic rings. The Morgan fingerprint density at radius 2 is 0.619 bits per heavy atom. The molecular weight excluding hydrogens is 781 g/mol. The van der Waals surface area contributed by atoms with Crippen LogP contribution in [-0.4, -0.2) is 37.2 Å². The summed E-state index contributed by atoms with van der Waals surface area (Å²) in [6.45, 7) is 6.40. The van der Waals surface area contributed by atoms with E-state index in [-0.39, 0.29) is 37.5 Å². The van der Waals surface area contributed by atoms with Gasteiger partial charge in [-0.05, 0) is 83.5 Å². The summed E-state index contributed by atoms with van der Waals surface area (Å²) < 4.78 is 16.7. The summed E-state index contributed by atoms with van der Waals surface area (Å²) in [4.78, 5) is 37.9. The van der Waals surface area contributed by atoms with Crippen LogP contribution >= 0.6 is 0 Å². The first-order valence-electron chi connectivity index (χ1n) is 25.5. The summed E-state index contributed by atoms with van der Waals surface area (Å²) in [7, 11) is 0. The molecule has 0 aliphatic carbocycles. The van der Waals surface area contributed by atoms with Gasteiger partial charge in [-0.15, -0.1) is 0 Å². The highest BCUT2D eigenvalue weighted by Gasteiger charge is 2.19. The first-order chi connectivity index (χ1) is 31.0. The zero-order valence-corrected chi connectivity index (χ0v) is 40.5. The fraction of sp³-hybridized carbons (Fsp3) is 0.632. The van der Waals surface area contributed by atoms with E-state index < -0.39 is 6.10 Å². The van der Waals surface area contributed by atoms with Crippen LogP contribution in [0.2, 0.25) is 0 Å². The molecule has 0 amide bonds. The number of esters is 3. The Balaban J connectivity index is 4.52. The van der Waals surface area contributed by atoms with Crippen LogP contribution in [0.25, 0.3) is 0 Å². The monoisotopic (exact) mass is 873 g/mol. The van der Waals surface area contributed by atoms with Gasteiger partial charge in [0.05, 0.1) is 0 Å². The lowest BCUT2D eigenvalue weighted by Gasteiger charge is -2.18. The van der Waals surface area contributed by atoms with Crippen molar-refractivity contribution in [1.82, 2.24) is 0 Å². The van der Waals surface area contributed by atoms with E-state index in [1.807, 2.05) is 36.5 Å². The van der Waals surface area contributed by atoms with Crippen LogP contribution < -0.4 is 0 Å². The van der Waals surface area contributed by atoms with Crippen LogP contribution in [0.1, 0.15) is 213 Å². The average molecular weight is 873 g/mol. The summed E-state index contributed by atoms with van der Waals surface area (Å²) >= 11 is 0. The summed E-state index contributed by atoms with van der Waals surface area (Å²) in [5, 5.41) is 0. The second-order valence-electron chi connectivity index (χ2n) is 16.5. The number of ether oxygens (including phenoxy) is 3. The van der Waals surface area contributed by atoms with Gasteiger partial charge < -0.3 is 14.2 Å². The van der Waals surface area contributed by atoms with E-state index in [0.29, 0.717) is 12.8 Å². The molecule has 0 bridgehead atoms. The second-order valence-corrected chi connectivity index (χ2v) is 16.5. The molecule has 0 aliphatic heterocycles. The molecule has 0 radical (unpaired) electrons. The Labute approximate surface area is 387 Å². The van der Waals surface area contributed by atoms with Gasteiger partial charge in [0.15, 0.2) is 6.10 Å². The van der Waals surface area contributed by atoms with Gasteiger partial charge in [-0.1, -0.05) is 220 Å². The third kappa shape index (κ3) is 49.0. The van der Waals surface area contributed by atoms with Crippen molar-refractivity contribution in [2.45, 2.75) is 219 Å². The fourth-order valence-corrected chi connectivity index (χ4v) is 6.50. The molecule has 356 valence electrons. The third-order valence-corrected chi connectivity index (χ3v) is 10.4. The third-order valence-electron chi connectivity index (χ3n) is 10.4. The van der Waals surface area contributed by atoms with Gasteiger partial charge in [0.1, 0.15) is 13.2 Å². The van der Waals surface area contributed by atoms with Crippen LogP contribution in [0.4, 0.5) is 0 Å². The lowest BCUT2D eigenvalue weighted by Crippen LogP contribution is -2.30. The minimum absolute atomic E-state index is 0.113. The SMILES string of the molecule is CCC\C=C/C=C\C=C/C=C\C=C/CCCCCCCC(=O)OCC(COC(=O)CCCCC/C=C\C=C/CCCC)OC(=O)CCCCC/C=C\C=C/CCCCCCCCC. The number of unbranched alkanes of at least 4 members (excludes halogenated alkanes) is 21. The Morgan fingerprint density at radius 3 is 1.03 bits per heavy atom. The maximum atomic E-state index is 12.8. The van der Waals surface area contributed by atoms with E-state index in [0.717, 1.165) is 109 Å². The Morgan fingerprint density at radius 1 is 0.317 bits per heavy atom. The molecule has 0 aromatic carbocycles. The number of carbonyl (C=O) groups is 3. The quantitative estimate of drug-likeness (QED) is 0.0263. The molecular formula is C57H92O6. The zero-order chi connectivity index (χ0) is 45.8. The minimum atomic E-state index is -0.815. The first-order valence-corrected chi connectivity index (χ1v) is 25.5. The molecule has 1 unspecified atom stereocenters. The van der Waals surface area contributed by atoms with Crippen molar-refractivity contribution >= 4 is 17.9 Å². The number of hydrogen-bond donors (Lipinski definition) is 0. The summed E-state index contributed by atoms with van der Waals surface area (Å²) in [5.41, 5.74) is 0. The Hall–Kier alpha value is -3.93. The average Bonchev–Trinajstić information content (AvgIpc) is 3.28. The Bertz CT molecular complexity index is 1330. The summed E-state index contributed by atoms with van der Waals surface area (Å²) in [6, 6.07) is 0. The topological polar surface area (TPSA) is 78.9 Å². The van der Waals surface area contributed by atoms with Crippen LogP contribution in [0.5, 0.6) is 0 Å². The summed E-state index contributed by atoms with van der Waals surface area (Å²) in [6.07, 6.45) is 67.8. The first kappa shape index (κ1) is 59.1. The number of carbonyl (C=O) groups excluding carboxylic acids is 3. The maximum Gasteiger partial charge on any atom is 0.306 e.